The smallest absolute Gasteiger partial charge is 0.251 e. The van der Waals surface area contributed by atoms with Crippen LogP contribution in [0.5, 0.6) is 0 Å². The van der Waals surface area contributed by atoms with E-state index in [-0.39, 0.29) is 23.3 Å². The molecule has 0 spiro atoms. The molecule has 1 aromatic heterocycles. The van der Waals surface area contributed by atoms with Crippen molar-refractivity contribution in [2.24, 2.45) is 0 Å². The Kier molecular flexibility index (Phi) is 7.73. The second kappa shape index (κ2) is 10.0. The van der Waals surface area contributed by atoms with Crippen molar-refractivity contribution in [1.29, 1.82) is 0 Å². The first-order valence-electron chi connectivity index (χ1n) is 8.69. The molecule has 5 nitrogen and oxygen atoms in total. The van der Waals surface area contributed by atoms with Crippen molar-refractivity contribution >= 4 is 17.7 Å². The Hall–Kier alpha value is -2.08. The highest BCUT2D eigenvalue weighted by atomic mass is 32.2. The lowest BCUT2D eigenvalue weighted by atomic mass is 10.0. The summed E-state index contributed by atoms with van der Waals surface area (Å²) in [6.45, 7) is 4.14. The summed E-state index contributed by atoms with van der Waals surface area (Å²) in [5.41, 5.74) is 1.70. The van der Waals surface area contributed by atoms with Crippen LogP contribution in [0.25, 0.3) is 0 Å². The molecule has 0 unspecified atom stereocenters. The van der Waals surface area contributed by atoms with Gasteiger partial charge in [-0.3, -0.25) is 9.59 Å². The monoisotopic (exact) mass is 359 g/mol. The van der Waals surface area contributed by atoms with Gasteiger partial charge >= 0.3 is 0 Å². The number of amides is 1. The minimum Gasteiger partial charge on any atom is -0.349 e. The Bertz CT molecular complexity index is 731. The van der Waals surface area contributed by atoms with E-state index in [1.54, 1.807) is 0 Å². The van der Waals surface area contributed by atoms with Crippen molar-refractivity contribution in [3.63, 3.8) is 0 Å². The summed E-state index contributed by atoms with van der Waals surface area (Å²) in [5.74, 6) is 0.168. The molecule has 1 heterocycles. The van der Waals surface area contributed by atoms with E-state index in [4.69, 9.17) is 0 Å². The number of carbonyl (C=O) groups excluding carboxylic acids is 1. The first-order chi connectivity index (χ1) is 12.1. The van der Waals surface area contributed by atoms with Crippen molar-refractivity contribution in [2.45, 2.75) is 50.7 Å². The van der Waals surface area contributed by atoms with Crippen LogP contribution in [0, 0.1) is 0 Å². The third-order valence-corrected chi connectivity index (χ3v) is 4.61. The van der Waals surface area contributed by atoms with Crippen LogP contribution in [0.3, 0.4) is 0 Å². The predicted molar refractivity (Wildman–Crippen MR) is 102 cm³/mol. The molecule has 0 saturated heterocycles. The molecule has 0 radical (unpaired) electrons. The van der Waals surface area contributed by atoms with E-state index in [0.717, 1.165) is 36.9 Å². The van der Waals surface area contributed by atoms with E-state index >= 15 is 0 Å². The van der Waals surface area contributed by atoms with Gasteiger partial charge in [0.05, 0.1) is 11.8 Å². The molecule has 1 atom stereocenters. The van der Waals surface area contributed by atoms with Crippen molar-refractivity contribution in [1.82, 2.24) is 15.3 Å². The number of aromatic nitrogens is 2. The highest BCUT2D eigenvalue weighted by molar-refractivity contribution is 7.99. The topological polar surface area (TPSA) is 74.8 Å². The Morgan fingerprint density at radius 1 is 1.24 bits per heavy atom. The summed E-state index contributed by atoms with van der Waals surface area (Å²) in [7, 11) is 0. The Balaban J connectivity index is 1.96. The number of nitrogens with zero attached hydrogens (tertiary/aromatic N) is 1. The van der Waals surface area contributed by atoms with Gasteiger partial charge in [-0.25, -0.2) is 4.98 Å². The van der Waals surface area contributed by atoms with E-state index < -0.39 is 0 Å². The van der Waals surface area contributed by atoms with E-state index in [9.17, 15) is 9.59 Å². The second-order valence-electron chi connectivity index (χ2n) is 5.90. The van der Waals surface area contributed by atoms with Gasteiger partial charge in [-0.1, -0.05) is 68.8 Å². The Labute approximate surface area is 152 Å². The fourth-order valence-corrected chi connectivity index (χ4v) is 3.31. The molecule has 2 N–H and O–H groups in total. The first kappa shape index (κ1) is 19.2. The maximum absolute atomic E-state index is 12.3. The van der Waals surface area contributed by atoms with Gasteiger partial charge in [0.25, 0.3) is 5.56 Å². The summed E-state index contributed by atoms with van der Waals surface area (Å²) >= 11 is 1.26. The largest absolute Gasteiger partial charge is 0.349 e. The normalized spacial score (nSPS) is 11.9. The maximum atomic E-state index is 12.3. The Morgan fingerprint density at radius 3 is 2.68 bits per heavy atom. The number of aryl methyl sites for hydroxylation is 1. The third kappa shape index (κ3) is 6.38. The van der Waals surface area contributed by atoms with Gasteiger partial charge in [-0.15, -0.1) is 0 Å². The van der Waals surface area contributed by atoms with Crippen molar-refractivity contribution in [3.05, 3.63) is 58.0 Å². The van der Waals surface area contributed by atoms with Crippen LogP contribution in [0.15, 0.2) is 46.3 Å². The van der Waals surface area contributed by atoms with Crippen molar-refractivity contribution in [2.75, 3.05) is 5.75 Å². The molecule has 6 heteroatoms. The molecule has 0 fully saturated rings. The van der Waals surface area contributed by atoms with Crippen LogP contribution in [-0.2, 0) is 11.2 Å². The van der Waals surface area contributed by atoms with E-state index in [2.05, 4.69) is 22.2 Å². The zero-order valence-electron chi connectivity index (χ0n) is 14.7. The fraction of sp³-hybridized carbons (Fsp3) is 0.421. The average Bonchev–Trinajstić information content (AvgIpc) is 2.60. The molecule has 0 saturated carbocycles. The van der Waals surface area contributed by atoms with E-state index in [1.807, 2.05) is 37.3 Å². The van der Waals surface area contributed by atoms with Gasteiger partial charge < -0.3 is 10.3 Å². The molecule has 0 aliphatic carbocycles. The standard InChI is InChI=1S/C19H25N3O2S/c1-3-8-15-12-17(23)22-19(20-15)25-13-18(24)21-16(9-4-2)14-10-6-5-7-11-14/h5-7,10-12,16H,3-4,8-9,13H2,1-2H3,(H,21,24)(H,20,22,23)/t16-/m1/s1. The number of thioether (sulfide) groups is 1. The van der Waals surface area contributed by atoms with Crippen molar-refractivity contribution < 1.29 is 4.79 Å². The van der Waals surface area contributed by atoms with Gasteiger partial charge in [-0.2, -0.15) is 0 Å². The molecule has 25 heavy (non-hydrogen) atoms. The highest BCUT2D eigenvalue weighted by Gasteiger charge is 2.14. The molecule has 0 aliphatic heterocycles. The summed E-state index contributed by atoms with van der Waals surface area (Å²) in [5, 5.41) is 3.58. The summed E-state index contributed by atoms with van der Waals surface area (Å²) in [6.07, 6.45) is 3.56. The molecule has 1 aromatic carbocycles. The zero-order valence-corrected chi connectivity index (χ0v) is 15.6. The number of H-pyrrole nitrogens is 1. The van der Waals surface area contributed by atoms with E-state index in [0.29, 0.717) is 5.16 Å². The zero-order chi connectivity index (χ0) is 18.1. The minimum absolute atomic E-state index is 0.0118. The van der Waals surface area contributed by atoms with Crippen molar-refractivity contribution in [3.8, 4) is 0 Å². The third-order valence-electron chi connectivity index (χ3n) is 3.73. The molecule has 2 rings (SSSR count). The lowest BCUT2D eigenvalue weighted by Gasteiger charge is -2.18. The summed E-state index contributed by atoms with van der Waals surface area (Å²) in [6, 6.07) is 11.5. The number of hydrogen-bond donors (Lipinski definition) is 2. The number of carbonyl (C=O) groups is 1. The quantitative estimate of drug-likeness (QED) is 0.531. The average molecular weight is 359 g/mol. The van der Waals surface area contributed by atoms with Gasteiger partial charge in [0.15, 0.2) is 5.16 Å². The molecular weight excluding hydrogens is 334 g/mol. The first-order valence-corrected chi connectivity index (χ1v) is 9.68. The Morgan fingerprint density at radius 2 is 2.00 bits per heavy atom. The fourth-order valence-electron chi connectivity index (χ4n) is 2.60. The summed E-state index contributed by atoms with van der Waals surface area (Å²) < 4.78 is 0. The van der Waals surface area contributed by atoms with Gasteiger partial charge in [0.1, 0.15) is 0 Å². The van der Waals surface area contributed by atoms with Gasteiger partial charge in [-0.05, 0) is 18.4 Å². The van der Waals surface area contributed by atoms with E-state index in [1.165, 1.54) is 17.8 Å². The maximum Gasteiger partial charge on any atom is 0.251 e. The molecular formula is C19H25N3O2S. The SMILES string of the molecule is CCCc1cc(=O)[nH]c(SCC(=O)N[C@H](CCC)c2ccccc2)n1. The van der Waals surface area contributed by atoms with Crippen LogP contribution in [0.2, 0.25) is 0 Å². The minimum atomic E-state index is -0.172. The number of hydrogen-bond acceptors (Lipinski definition) is 4. The number of aromatic amines is 1. The summed E-state index contributed by atoms with van der Waals surface area (Å²) in [4.78, 5) is 31.1. The molecule has 1 amide bonds. The number of rotatable bonds is 9. The second-order valence-corrected chi connectivity index (χ2v) is 6.86. The van der Waals surface area contributed by atoms with Crippen LogP contribution in [0.1, 0.15) is 50.4 Å². The van der Waals surface area contributed by atoms with Crippen LogP contribution < -0.4 is 10.9 Å². The van der Waals surface area contributed by atoms with Gasteiger partial charge in [0.2, 0.25) is 5.91 Å². The lowest BCUT2D eigenvalue weighted by Crippen LogP contribution is -2.30. The molecule has 134 valence electrons. The molecule has 0 bridgehead atoms. The molecule has 0 aliphatic rings. The highest BCUT2D eigenvalue weighted by Crippen LogP contribution is 2.19. The molecule has 2 aromatic rings. The van der Waals surface area contributed by atoms with Crippen LogP contribution in [-0.4, -0.2) is 21.6 Å². The van der Waals surface area contributed by atoms with Gasteiger partial charge in [0, 0.05) is 11.8 Å². The predicted octanol–water partition coefficient (Wildman–Crippen LogP) is 3.47. The lowest BCUT2D eigenvalue weighted by molar-refractivity contribution is -0.119. The van der Waals surface area contributed by atoms with Crippen LogP contribution >= 0.6 is 11.8 Å². The van der Waals surface area contributed by atoms with Crippen LogP contribution in [0.4, 0.5) is 0 Å². The number of benzene rings is 1. The number of nitrogens with one attached hydrogen (secondary N) is 2.